The molecule has 3 aromatic carbocycles. The molecule has 1 aliphatic heterocycles. The number of benzene rings is 3. The number of phenolic OH excluding ortho intramolecular Hbond substituents is 1. The van der Waals surface area contributed by atoms with Gasteiger partial charge in [0, 0.05) is 17.8 Å². The summed E-state index contributed by atoms with van der Waals surface area (Å²) in [4.78, 5) is 28.4. The number of phenols is 1. The molecule has 1 aliphatic rings. The largest absolute Gasteiger partial charge is 0.508 e. The maximum Gasteiger partial charge on any atom is 0.333 e. The lowest BCUT2D eigenvalue weighted by atomic mass is 9.89. The van der Waals surface area contributed by atoms with Crippen molar-refractivity contribution in [3.8, 4) is 5.75 Å². The van der Waals surface area contributed by atoms with Gasteiger partial charge in [-0.15, -0.1) is 0 Å². The minimum atomic E-state index is -0.639. The van der Waals surface area contributed by atoms with Crippen molar-refractivity contribution in [2.45, 2.75) is 38.3 Å². The zero-order valence-corrected chi connectivity index (χ0v) is 20.7. The average molecular weight is 487 g/mol. The topological polar surface area (TPSA) is 78.9 Å². The number of carbonyl (C=O) groups excluding carboxylic acids is 2. The standard InChI is InChI=1S/C30H34N2O4/c1-2-10-22-17-18-32(20-27(34)24-13-9-16-26(33)19-24)21-28(22)36-30(35)29(23-11-5-3-6-12-23)31-25-14-7-4-8-15-25/h3-9,11-16,19,22,28-29,31,33H,2,10,17-18,20-21H2,1H3. The SMILES string of the molecule is CCCC1CCN(CC(=O)c2cccc(O)c2)CC1OC(=O)C(Nc1ccccc1)c1ccccc1. The van der Waals surface area contributed by atoms with Crippen molar-refractivity contribution in [2.75, 3.05) is 25.0 Å². The maximum absolute atomic E-state index is 13.6. The number of anilines is 1. The normalized spacial score (nSPS) is 18.8. The van der Waals surface area contributed by atoms with Crippen LogP contribution in [-0.2, 0) is 9.53 Å². The lowest BCUT2D eigenvalue weighted by Gasteiger charge is -2.38. The van der Waals surface area contributed by atoms with Gasteiger partial charge in [-0.2, -0.15) is 0 Å². The van der Waals surface area contributed by atoms with Gasteiger partial charge < -0.3 is 15.2 Å². The summed E-state index contributed by atoms with van der Waals surface area (Å²) in [7, 11) is 0. The zero-order chi connectivity index (χ0) is 25.3. The Morgan fingerprint density at radius 2 is 1.75 bits per heavy atom. The highest BCUT2D eigenvalue weighted by atomic mass is 16.5. The Labute approximate surface area is 212 Å². The summed E-state index contributed by atoms with van der Waals surface area (Å²) in [6, 6.07) is 25.0. The van der Waals surface area contributed by atoms with Crippen LogP contribution in [0.1, 0.15) is 48.1 Å². The van der Waals surface area contributed by atoms with E-state index in [2.05, 4.69) is 17.1 Å². The maximum atomic E-state index is 13.6. The van der Waals surface area contributed by atoms with Gasteiger partial charge in [-0.25, -0.2) is 4.79 Å². The fourth-order valence-corrected chi connectivity index (χ4v) is 4.82. The molecule has 3 aromatic rings. The summed E-state index contributed by atoms with van der Waals surface area (Å²) in [5.41, 5.74) is 2.16. The first kappa shape index (κ1) is 25.5. The molecular formula is C30H34N2O4. The van der Waals surface area contributed by atoms with Crippen molar-refractivity contribution < 1.29 is 19.4 Å². The number of carbonyl (C=O) groups is 2. The summed E-state index contributed by atoms with van der Waals surface area (Å²) in [6.07, 6.45) is 2.54. The summed E-state index contributed by atoms with van der Waals surface area (Å²) < 4.78 is 6.19. The minimum absolute atomic E-state index is 0.0576. The van der Waals surface area contributed by atoms with Crippen LogP contribution in [0.2, 0.25) is 0 Å². The second kappa shape index (κ2) is 12.4. The molecule has 3 unspecified atom stereocenters. The Hall–Kier alpha value is -3.64. The molecule has 188 valence electrons. The van der Waals surface area contributed by atoms with Crippen LogP contribution in [0.4, 0.5) is 5.69 Å². The van der Waals surface area contributed by atoms with E-state index >= 15 is 0 Å². The molecule has 0 aromatic heterocycles. The van der Waals surface area contributed by atoms with E-state index in [4.69, 9.17) is 4.74 Å². The number of hydrogen-bond donors (Lipinski definition) is 2. The predicted octanol–water partition coefficient (Wildman–Crippen LogP) is 5.46. The van der Waals surface area contributed by atoms with E-state index in [0.717, 1.165) is 37.1 Å². The summed E-state index contributed by atoms with van der Waals surface area (Å²) in [5, 5.41) is 13.1. The quantitative estimate of drug-likeness (QED) is 0.293. The number of esters is 1. The summed E-state index contributed by atoms with van der Waals surface area (Å²) in [6.45, 7) is 3.64. The smallest absolute Gasteiger partial charge is 0.333 e. The summed E-state index contributed by atoms with van der Waals surface area (Å²) >= 11 is 0. The fourth-order valence-electron chi connectivity index (χ4n) is 4.82. The van der Waals surface area contributed by atoms with Crippen LogP contribution in [-0.4, -0.2) is 47.5 Å². The molecule has 2 N–H and O–H groups in total. The zero-order valence-electron chi connectivity index (χ0n) is 20.7. The number of piperidine rings is 1. The Morgan fingerprint density at radius 3 is 2.44 bits per heavy atom. The highest BCUT2D eigenvalue weighted by Crippen LogP contribution is 2.28. The van der Waals surface area contributed by atoms with Crippen molar-refractivity contribution in [1.82, 2.24) is 4.90 Å². The third kappa shape index (κ3) is 6.73. The van der Waals surface area contributed by atoms with Crippen LogP contribution in [0.15, 0.2) is 84.9 Å². The van der Waals surface area contributed by atoms with Crippen LogP contribution in [0.25, 0.3) is 0 Å². The first-order chi connectivity index (χ1) is 17.5. The average Bonchev–Trinajstić information content (AvgIpc) is 2.90. The van der Waals surface area contributed by atoms with Gasteiger partial charge in [0.25, 0.3) is 0 Å². The molecule has 6 nitrogen and oxygen atoms in total. The molecule has 0 radical (unpaired) electrons. The number of hydrogen-bond acceptors (Lipinski definition) is 6. The second-order valence-electron chi connectivity index (χ2n) is 9.38. The van der Waals surface area contributed by atoms with E-state index in [-0.39, 0.29) is 36.1 Å². The van der Waals surface area contributed by atoms with Crippen LogP contribution < -0.4 is 5.32 Å². The van der Waals surface area contributed by atoms with Gasteiger partial charge in [-0.05, 0) is 55.1 Å². The fraction of sp³-hybridized carbons (Fsp3) is 0.333. The molecule has 1 heterocycles. The Kier molecular flexibility index (Phi) is 8.74. The van der Waals surface area contributed by atoms with Gasteiger partial charge in [-0.3, -0.25) is 9.69 Å². The third-order valence-electron chi connectivity index (χ3n) is 6.70. The molecule has 3 atom stereocenters. The van der Waals surface area contributed by atoms with Gasteiger partial charge in [0.2, 0.25) is 0 Å². The molecule has 6 heteroatoms. The highest BCUT2D eigenvalue weighted by molar-refractivity contribution is 5.97. The van der Waals surface area contributed by atoms with E-state index in [1.165, 1.54) is 6.07 Å². The first-order valence-corrected chi connectivity index (χ1v) is 12.6. The Morgan fingerprint density at radius 1 is 1.03 bits per heavy atom. The van der Waals surface area contributed by atoms with Gasteiger partial charge in [-0.1, -0.05) is 74.0 Å². The molecule has 1 fully saturated rings. The summed E-state index contributed by atoms with van der Waals surface area (Å²) in [5.74, 6) is -0.0541. The van der Waals surface area contributed by atoms with Crippen LogP contribution in [0.5, 0.6) is 5.75 Å². The van der Waals surface area contributed by atoms with Crippen LogP contribution in [0, 0.1) is 5.92 Å². The van der Waals surface area contributed by atoms with E-state index in [9.17, 15) is 14.7 Å². The van der Waals surface area contributed by atoms with Gasteiger partial charge in [0.1, 0.15) is 11.9 Å². The van der Waals surface area contributed by atoms with E-state index in [1.54, 1.807) is 18.2 Å². The predicted molar refractivity (Wildman–Crippen MR) is 141 cm³/mol. The molecule has 0 bridgehead atoms. The van der Waals surface area contributed by atoms with E-state index in [1.807, 2.05) is 60.7 Å². The lowest BCUT2D eigenvalue weighted by molar-refractivity contribution is -0.156. The van der Waals surface area contributed by atoms with Crippen molar-refractivity contribution in [1.29, 1.82) is 0 Å². The number of ketones is 1. The second-order valence-corrected chi connectivity index (χ2v) is 9.38. The number of nitrogens with one attached hydrogen (secondary N) is 1. The third-order valence-corrected chi connectivity index (χ3v) is 6.70. The number of ether oxygens (including phenoxy) is 1. The number of para-hydroxylation sites is 1. The van der Waals surface area contributed by atoms with E-state index < -0.39 is 6.04 Å². The highest BCUT2D eigenvalue weighted by Gasteiger charge is 2.34. The molecule has 4 rings (SSSR count). The first-order valence-electron chi connectivity index (χ1n) is 12.6. The van der Waals surface area contributed by atoms with Gasteiger partial charge in [0.15, 0.2) is 11.8 Å². The lowest BCUT2D eigenvalue weighted by Crippen LogP contribution is -2.48. The number of nitrogens with zero attached hydrogens (tertiary/aromatic N) is 1. The molecule has 1 saturated heterocycles. The molecule has 0 saturated carbocycles. The minimum Gasteiger partial charge on any atom is -0.508 e. The number of likely N-dealkylation sites (tertiary alicyclic amines) is 1. The van der Waals surface area contributed by atoms with Crippen molar-refractivity contribution >= 4 is 17.4 Å². The van der Waals surface area contributed by atoms with Gasteiger partial charge >= 0.3 is 5.97 Å². The van der Waals surface area contributed by atoms with Crippen LogP contribution >= 0.6 is 0 Å². The Bertz CT molecular complexity index is 1140. The van der Waals surface area contributed by atoms with Gasteiger partial charge in [0.05, 0.1) is 6.54 Å². The number of Topliss-reactive ketones (excluding diaryl/α,β-unsaturated/α-hetero) is 1. The number of aromatic hydroxyl groups is 1. The molecular weight excluding hydrogens is 452 g/mol. The molecule has 0 spiro atoms. The molecule has 0 aliphatic carbocycles. The molecule has 36 heavy (non-hydrogen) atoms. The van der Waals surface area contributed by atoms with Crippen molar-refractivity contribution in [3.63, 3.8) is 0 Å². The monoisotopic (exact) mass is 486 g/mol. The number of rotatable bonds is 10. The Balaban J connectivity index is 1.48. The van der Waals surface area contributed by atoms with Crippen molar-refractivity contribution in [2.24, 2.45) is 5.92 Å². The molecule has 0 amide bonds. The van der Waals surface area contributed by atoms with Crippen LogP contribution in [0.3, 0.4) is 0 Å². The van der Waals surface area contributed by atoms with E-state index in [0.29, 0.717) is 12.1 Å². The van der Waals surface area contributed by atoms with Crippen molar-refractivity contribution in [3.05, 3.63) is 96.1 Å².